The molecule has 3 atom stereocenters. The van der Waals surface area contributed by atoms with Gasteiger partial charge in [-0.05, 0) is 43.0 Å². The molecular weight excluding hydrogens is 309 g/mol. The minimum atomic E-state index is -0.270. The minimum Gasteiger partial charge on any atom is -0.372 e. The summed E-state index contributed by atoms with van der Waals surface area (Å²) in [5.41, 5.74) is 1.69. The first-order chi connectivity index (χ1) is 11.6. The van der Waals surface area contributed by atoms with Gasteiger partial charge in [0.25, 0.3) is 0 Å². The molecule has 1 saturated carbocycles. The normalized spacial score (nSPS) is 26.2. The summed E-state index contributed by atoms with van der Waals surface area (Å²) in [6.07, 6.45) is 3.78. The van der Waals surface area contributed by atoms with E-state index in [1.165, 1.54) is 12.1 Å². The number of aryl methyl sites for hydroxylation is 1. The van der Waals surface area contributed by atoms with E-state index in [9.17, 15) is 9.18 Å². The summed E-state index contributed by atoms with van der Waals surface area (Å²) in [4.78, 5) is 14.7. The fourth-order valence-electron chi connectivity index (χ4n) is 3.72. The number of amides is 1. The fourth-order valence-corrected chi connectivity index (χ4v) is 3.72. The van der Waals surface area contributed by atoms with Crippen LogP contribution in [0.25, 0.3) is 0 Å². The van der Waals surface area contributed by atoms with Crippen molar-refractivity contribution in [3.05, 3.63) is 47.8 Å². The van der Waals surface area contributed by atoms with Crippen LogP contribution < -0.4 is 0 Å². The highest BCUT2D eigenvalue weighted by atomic mass is 19.1. The van der Waals surface area contributed by atoms with E-state index >= 15 is 0 Å². The Bertz CT molecular complexity index is 619. The zero-order valence-corrected chi connectivity index (χ0v) is 14.0. The molecule has 5 heteroatoms. The van der Waals surface area contributed by atoms with E-state index in [-0.39, 0.29) is 30.0 Å². The molecule has 0 aromatic heterocycles. The van der Waals surface area contributed by atoms with E-state index < -0.39 is 0 Å². The lowest BCUT2D eigenvalue weighted by Gasteiger charge is -2.39. The summed E-state index contributed by atoms with van der Waals surface area (Å²) in [7, 11) is 0. The minimum absolute atomic E-state index is 0.0242. The Morgan fingerprint density at radius 3 is 3.08 bits per heavy atom. The summed E-state index contributed by atoms with van der Waals surface area (Å²) >= 11 is 0. The number of carbonyl (C=O) groups is 1. The van der Waals surface area contributed by atoms with Crippen LogP contribution in [0.5, 0.6) is 0 Å². The van der Waals surface area contributed by atoms with Crippen molar-refractivity contribution in [1.29, 1.82) is 0 Å². The third-order valence-electron chi connectivity index (χ3n) is 4.93. The van der Waals surface area contributed by atoms with Gasteiger partial charge in [0.05, 0.1) is 31.8 Å². The second kappa shape index (κ2) is 7.45. The molecule has 1 amide bonds. The SMILES string of the molecule is C=CCO[C@@H]1CC[C@@H]2[C@H]1OCCN2C(=O)Cc1ccc(F)cc1C. The Balaban J connectivity index is 1.67. The first-order valence-electron chi connectivity index (χ1n) is 8.48. The van der Waals surface area contributed by atoms with Gasteiger partial charge in [-0.1, -0.05) is 12.1 Å². The molecule has 1 aliphatic heterocycles. The second-order valence-electron chi connectivity index (χ2n) is 6.48. The molecule has 3 rings (SSSR count). The van der Waals surface area contributed by atoms with Crippen LogP contribution >= 0.6 is 0 Å². The molecule has 0 unspecified atom stereocenters. The third-order valence-corrected chi connectivity index (χ3v) is 4.93. The van der Waals surface area contributed by atoms with E-state index in [0.29, 0.717) is 26.2 Å². The largest absolute Gasteiger partial charge is 0.372 e. The van der Waals surface area contributed by atoms with Gasteiger partial charge < -0.3 is 14.4 Å². The summed E-state index contributed by atoms with van der Waals surface area (Å²) in [5, 5.41) is 0. The highest BCUT2D eigenvalue weighted by Crippen LogP contribution is 2.32. The molecule has 2 aliphatic rings. The lowest BCUT2D eigenvalue weighted by atomic mass is 10.0. The van der Waals surface area contributed by atoms with E-state index in [1.807, 2.05) is 11.8 Å². The Morgan fingerprint density at radius 1 is 1.50 bits per heavy atom. The van der Waals surface area contributed by atoms with Crippen LogP contribution in [0, 0.1) is 12.7 Å². The Labute approximate surface area is 142 Å². The highest BCUT2D eigenvalue weighted by Gasteiger charge is 2.44. The Hall–Kier alpha value is -1.72. The highest BCUT2D eigenvalue weighted by molar-refractivity contribution is 5.79. The summed E-state index contributed by atoms with van der Waals surface area (Å²) < 4.78 is 24.9. The number of hydrogen-bond donors (Lipinski definition) is 0. The lowest BCUT2D eigenvalue weighted by Crippen LogP contribution is -2.54. The van der Waals surface area contributed by atoms with Gasteiger partial charge in [0.2, 0.25) is 5.91 Å². The molecule has 4 nitrogen and oxygen atoms in total. The maximum absolute atomic E-state index is 13.2. The maximum atomic E-state index is 13.2. The lowest BCUT2D eigenvalue weighted by molar-refractivity contribution is -0.150. The topological polar surface area (TPSA) is 38.8 Å². The molecule has 0 N–H and O–H groups in total. The van der Waals surface area contributed by atoms with Crippen LogP contribution in [-0.4, -0.2) is 48.8 Å². The zero-order valence-electron chi connectivity index (χ0n) is 14.0. The first-order valence-corrected chi connectivity index (χ1v) is 8.48. The number of fused-ring (bicyclic) bond motifs is 1. The van der Waals surface area contributed by atoms with Crippen molar-refractivity contribution >= 4 is 5.91 Å². The Kier molecular flexibility index (Phi) is 5.31. The molecule has 2 fully saturated rings. The third kappa shape index (κ3) is 3.52. The molecule has 1 aromatic rings. The zero-order chi connectivity index (χ0) is 17.1. The number of rotatable bonds is 5. The second-order valence-corrected chi connectivity index (χ2v) is 6.48. The van der Waals surface area contributed by atoms with Gasteiger partial charge in [-0.25, -0.2) is 4.39 Å². The van der Waals surface area contributed by atoms with Gasteiger partial charge in [0.15, 0.2) is 0 Å². The van der Waals surface area contributed by atoms with Gasteiger partial charge in [-0.15, -0.1) is 6.58 Å². The van der Waals surface area contributed by atoms with Crippen LogP contribution in [0.2, 0.25) is 0 Å². The average molecular weight is 333 g/mol. The molecule has 130 valence electrons. The Morgan fingerprint density at radius 2 is 2.33 bits per heavy atom. The predicted molar refractivity (Wildman–Crippen MR) is 89.3 cm³/mol. The fraction of sp³-hybridized carbons (Fsp3) is 0.526. The van der Waals surface area contributed by atoms with E-state index in [2.05, 4.69) is 6.58 Å². The molecular formula is C19H24FNO3. The van der Waals surface area contributed by atoms with E-state index in [0.717, 1.165) is 24.0 Å². The molecule has 1 aromatic carbocycles. The van der Waals surface area contributed by atoms with Crippen LogP contribution in [0.4, 0.5) is 4.39 Å². The van der Waals surface area contributed by atoms with Gasteiger partial charge >= 0.3 is 0 Å². The molecule has 24 heavy (non-hydrogen) atoms. The van der Waals surface area contributed by atoms with Crippen molar-refractivity contribution in [3.8, 4) is 0 Å². The van der Waals surface area contributed by atoms with Crippen LogP contribution in [0.15, 0.2) is 30.9 Å². The van der Waals surface area contributed by atoms with E-state index in [4.69, 9.17) is 9.47 Å². The average Bonchev–Trinajstić information content (AvgIpc) is 2.98. The van der Waals surface area contributed by atoms with Gasteiger partial charge in [-0.2, -0.15) is 0 Å². The molecule has 1 aliphatic carbocycles. The number of benzene rings is 1. The van der Waals surface area contributed by atoms with Crippen molar-refractivity contribution in [2.24, 2.45) is 0 Å². The van der Waals surface area contributed by atoms with E-state index in [1.54, 1.807) is 12.1 Å². The predicted octanol–water partition coefficient (Wildman–Crippen LogP) is 2.64. The number of carbonyl (C=O) groups excluding carboxylic acids is 1. The molecule has 1 heterocycles. The number of morpholine rings is 1. The first kappa shape index (κ1) is 17.1. The van der Waals surface area contributed by atoms with Crippen LogP contribution in [0.1, 0.15) is 24.0 Å². The summed E-state index contributed by atoms with van der Waals surface area (Å²) in [6.45, 7) is 7.15. The molecule has 0 spiro atoms. The van der Waals surface area contributed by atoms with Crippen molar-refractivity contribution in [3.63, 3.8) is 0 Å². The number of halogens is 1. The van der Waals surface area contributed by atoms with Crippen molar-refractivity contribution < 1.29 is 18.7 Å². The van der Waals surface area contributed by atoms with Crippen LogP contribution in [0.3, 0.4) is 0 Å². The molecule has 0 radical (unpaired) electrons. The quantitative estimate of drug-likeness (QED) is 0.778. The number of ether oxygens (including phenoxy) is 2. The molecule has 0 bridgehead atoms. The van der Waals surface area contributed by atoms with Crippen LogP contribution in [-0.2, 0) is 20.7 Å². The standard InChI is InChI=1S/C19H24FNO3/c1-3-9-23-17-7-6-16-19(17)24-10-8-21(16)18(22)12-14-4-5-15(20)11-13(14)2/h3-5,11,16-17,19H,1,6-10,12H2,2H3/t16-,17-,19-/m1/s1. The summed E-state index contributed by atoms with van der Waals surface area (Å²) in [6, 6.07) is 4.65. The van der Waals surface area contributed by atoms with Gasteiger partial charge in [0, 0.05) is 6.54 Å². The summed E-state index contributed by atoms with van der Waals surface area (Å²) in [5.74, 6) is -0.194. The van der Waals surface area contributed by atoms with Crippen molar-refractivity contribution in [2.75, 3.05) is 19.8 Å². The molecule has 1 saturated heterocycles. The van der Waals surface area contributed by atoms with Crippen molar-refractivity contribution in [2.45, 2.75) is 44.4 Å². The number of hydrogen-bond acceptors (Lipinski definition) is 3. The number of nitrogens with zero attached hydrogens (tertiary/aromatic N) is 1. The smallest absolute Gasteiger partial charge is 0.227 e. The van der Waals surface area contributed by atoms with Gasteiger partial charge in [-0.3, -0.25) is 4.79 Å². The maximum Gasteiger partial charge on any atom is 0.227 e. The van der Waals surface area contributed by atoms with Crippen molar-refractivity contribution in [1.82, 2.24) is 4.90 Å². The van der Waals surface area contributed by atoms with Gasteiger partial charge in [0.1, 0.15) is 11.9 Å². The monoisotopic (exact) mass is 333 g/mol.